The van der Waals surface area contributed by atoms with Gasteiger partial charge in [0, 0.05) is 31.9 Å². The van der Waals surface area contributed by atoms with Crippen molar-refractivity contribution in [3.05, 3.63) is 82.7 Å². The molecule has 2 aliphatic heterocycles. The zero-order valence-corrected chi connectivity index (χ0v) is 18.4. The fraction of sp³-hybridized carbons (Fsp3) is 0.360. The minimum atomic E-state index is -0.244. The van der Waals surface area contributed by atoms with Crippen molar-refractivity contribution >= 4 is 11.8 Å². The molecule has 1 saturated heterocycles. The number of carbonyl (C=O) groups excluding carboxylic acids is 2. The highest BCUT2D eigenvalue weighted by atomic mass is 16.2. The van der Waals surface area contributed by atoms with E-state index >= 15 is 0 Å². The Labute approximate surface area is 183 Å². The van der Waals surface area contributed by atoms with Crippen molar-refractivity contribution in [3.63, 3.8) is 0 Å². The standard InChI is InChI=1S/C25H30N4O2/c1-17-5-4-6-20(13-17)16-26-24(30)9-10-28-11-12-29-23(25(28)31)15-22(27-29)21-8-7-18(2)19(3)14-21/h4-8,11-14,22-23,27H,9-10,15-16H2,1-3H3,(H,26,30). The lowest BCUT2D eigenvalue weighted by Crippen LogP contribution is -2.48. The average Bonchev–Trinajstić information content (AvgIpc) is 3.19. The topological polar surface area (TPSA) is 64.7 Å². The van der Waals surface area contributed by atoms with Crippen LogP contribution in [0.1, 0.15) is 46.7 Å². The fourth-order valence-electron chi connectivity index (χ4n) is 4.15. The maximum absolute atomic E-state index is 13.0. The first-order valence-corrected chi connectivity index (χ1v) is 10.8. The monoisotopic (exact) mass is 418 g/mol. The lowest BCUT2D eigenvalue weighted by molar-refractivity contribution is -0.134. The molecule has 2 heterocycles. The summed E-state index contributed by atoms with van der Waals surface area (Å²) in [6.07, 6.45) is 4.66. The van der Waals surface area contributed by atoms with Crippen LogP contribution in [0.15, 0.2) is 54.9 Å². The van der Waals surface area contributed by atoms with E-state index < -0.39 is 0 Å². The van der Waals surface area contributed by atoms with Gasteiger partial charge in [-0.05, 0) is 49.4 Å². The van der Waals surface area contributed by atoms with Gasteiger partial charge in [-0.15, -0.1) is 0 Å². The first-order chi connectivity index (χ1) is 14.9. The quantitative estimate of drug-likeness (QED) is 0.756. The number of nitrogens with zero attached hydrogens (tertiary/aromatic N) is 2. The number of nitrogens with one attached hydrogen (secondary N) is 2. The molecule has 2 atom stereocenters. The molecular formula is C25H30N4O2. The molecule has 6 nitrogen and oxygen atoms in total. The summed E-state index contributed by atoms with van der Waals surface area (Å²) in [7, 11) is 0. The molecule has 4 rings (SSSR count). The highest BCUT2D eigenvalue weighted by Crippen LogP contribution is 2.31. The lowest BCUT2D eigenvalue weighted by atomic mass is 9.97. The zero-order chi connectivity index (χ0) is 22.0. The van der Waals surface area contributed by atoms with Crippen molar-refractivity contribution < 1.29 is 9.59 Å². The van der Waals surface area contributed by atoms with Gasteiger partial charge in [0.1, 0.15) is 6.04 Å². The molecule has 2 N–H and O–H groups in total. The molecule has 2 aromatic rings. The van der Waals surface area contributed by atoms with E-state index in [9.17, 15) is 9.59 Å². The van der Waals surface area contributed by atoms with E-state index in [0.717, 1.165) is 5.56 Å². The Kier molecular flexibility index (Phi) is 6.09. The van der Waals surface area contributed by atoms with Gasteiger partial charge in [0.05, 0.1) is 6.04 Å². The molecule has 0 aliphatic carbocycles. The SMILES string of the molecule is Cc1cccc(CNC(=O)CCN2C=CN3NC(c4ccc(C)c(C)c4)CC3C2=O)c1. The maximum Gasteiger partial charge on any atom is 0.250 e. The Morgan fingerprint density at radius 3 is 2.71 bits per heavy atom. The van der Waals surface area contributed by atoms with Gasteiger partial charge in [0.15, 0.2) is 0 Å². The van der Waals surface area contributed by atoms with Crippen molar-refractivity contribution in [3.8, 4) is 0 Å². The zero-order valence-electron chi connectivity index (χ0n) is 18.4. The van der Waals surface area contributed by atoms with Crippen LogP contribution < -0.4 is 10.7 Å². The van der Waals surface area contributed by atoms with E-state index in [1.165, 1.54) is 22.3 Å². The predicted octanol–water partition coefficient (Wildman–Crippen LogP) is 3.25. The van der Waals surface area contributed by atoms with Gasteiger partial charge in [-0.3, -0.25) is 9.59 Å². The summed E-state index contributed by atoms with van der Waals surface area (Å²) in [6, 6.07) is 14.4. The van der Waals surface area contributed by atoms with Gasteiger partial charge in [0.25, 0.3) is 5.91 Å². The van der Waals surface area contributed by atoms with Crippen LogP contribution in [0.3, 0.4) is 0 Å². The average molecular weight is 419 g/mol. The molecular weight excluding hydrogens is 388 g/mol. The van der Waals surface area contributed by atoms with Crippen LogP contribution >= 0.6 is 0 Å². The van der Waals surface area contributed by atoms with Crippen LogP contribution in [0, 0.1) is 20.8 Å². The first-order valence-electron chi connectivity index (χ1n) is 10.8. The van der Waals surface area contributed by atoms with Crippen LogP contribution in [0.4, 0.5) is 0 Å². The molecule has 31 heavy (non-hydrogen) atoms. The van der Waals surface area contributed by atoms with E-state index in [1.54, 1.807) is 11.1 Å². The number of benzene rings is 2. The highest BCUT2D eigenvalue weighted by Gasteiger charge is 2.39. The molecule has 0 radical (unpaired) electrons. The van der Waals surface area contributed by atoms with Crippen molar-refractivity contribution in [1.82, 2.24) is 20.7 Å². The Balaban J connectivity index is 1.30. The summed E-state index contributed by atoms with van der Waals surface area (Å²) in [5.74, 6) is -0.0180. The number of rotatable bonds is 6. The van der Waals surface area contributed by atoms with Gasteiger partial charge in [-0.1, -0.05) is 48.0 Å². The Morgan fingerprint density at radius 1 is 1.10 bits per heavy atom. The van der Waals surface area contributed by atoms with Crippen molar-refractivity contribution in [2.45, 2.75) is 52.2 Å². The van der Waals surface area contributed by atoms with Crippen LogP contribution in [-0.4, -0.2) is 34.3 Å². The Hall–Kier alpha value is -3.12. The molecule has 0 saturated carbocycles. The molecule has 0 aromatic heterocycles. The van der Waals surface area contributed by atoms with Crippen LogP contribution in [0.25, 0.3) is 0 Å². The normalized spacial score (nSPS) is 20.2. The first kappa shape index (κ1) is 21.1. The Morgan fingerprint density at radius 2 is 1.94 bits per heavy atom. The molecule has 2 aliphatic rings. The van der Waals surface area contributed by atoms with Gasteiger partial charge in [0.2, 0.25) is 5.91 Å². The van der Waals surface area contributed by atoms with E-state index in [0.29, 0.717) is 19.5 Å². The molecule has 2 aromatic carbocycles. The number of carbonyl (C=O) groups is 2. The summed E-state index contributed by atoms with van der Waals surface area (Å²) in [5, 5.41) is 4.84. The molecule has 0 bridgehead atoms. The second-order valence-corrected chi connectivity index (χ2v) is 8.53. The fourth-order valence-corrected chi connectivity index (χ4v) is 4.15. The molecule has 0 spiro atoms. The number of fused-ring (bicyclic) bond motifs is 1. The van der Waals surface area contributed by atoms with Crippen LogP contribution in [0.5, 0.6) is 0 Å². The maximum atomic E-state index is 13.0. The summed E-state index contributed by atoms with van der Waals surface area (Å²) in [6.45, 7) is 7.13. The lowest BCUT2D eigenvalue weighted by Gasteiger charge is -2.31. The van der Waals surface area contributed by atoms with Gasteiger partial charge in [-0.25, -0.2) is 5.43 Å². The summed E-state index contributed by atoms with van der Waals surface area (Å²) in [4.78, 5) is 26.9. The molecule has 2 amide bonds. The second kappa shape index (κ2) is 8.94. The summed E-state index contributed by atoms with van der Waals surface area (Å²) in [5.41, 5.74) is 9.40. The molecule has 162 valence electrons. The highest BCUT2D eigenvalue weighted by molar-refractivity contribution is 5.85. The van der Waals surface area contributed by atoms with Crippen LogP contribution in [-0.2, 0) is 16.1 Å². The third-order valence-electron chi connectivity index (χ3n) is 6.16. The number of hydrogen-bond donors (Lipinski definition) is 2. The second-order valence-electron chi connectivity index (χ2n) is 8.53. The molecule has 2 unspecified atom stereocenters. The number of amides is 2. The third-order valence-corrected chi connectivity index (χ3v) is 6.16. The van der Waals surface area contributed by atoms with E-state index in [1.807, 2.05) is 36.3 Å². The van der Waals surface area contributed by atoms with Crippen LogP contribution in [0.2, 0.25) is 0 Å². The summed E-state index contributed by atoms with van der Waals surface area (Å²) < 4.78 is 0. The van der Waals surface area contributed by atoms with E-state index in [4.69, 9.17) is 0 Å². The minimum Gasteiger partial charge on any atom is -0.352 e. The van der Waals surface area contributed by atoms with Crippen molar-refractivity contribution in [1.29, 1.82) is 0 Å². The number of aryl methyl sites for hydroxylation is 3. The van der Waals surface area contributed by atoms with E-state index in [2.05, 4.69) is 48.9 Å². The minimum absolute atomic E-state index is 0.0350. The molecule has 6 heteroatoms. The Bertz CT molecular complexity index is 1020. The van der Waals surface area contributed by atoms with Crippen molar-refractivity contribution in [2.24, 2.45) is 0 Å². The summed E-state index contributed by atoms with van der Waals surface area (Å²) >= 11 is 0. The van der Waals surface area contributed by atoms with Gasteiger partial charge in [-0.2, -0.15) is 0 Å². The van der Waals surface area contributed by atoms with Gasteiger partial charge < -0.3 is 15.2 Å². The smallest absolute Gasteiger partial charge is 0.250 e. The van der Waals surface area contributed by atoms with Crippen molar-refractivity contribution in [2.75, 3.05) is 6.54 Å². The van der Waals surface area contributed by atoms with Gasteiger partial charge >= 0.3 is 0 Å². The molecule has 1 fully saturated rings. The largest absolute Gasteiger partial charge is 0.352 e. The third kappa shape index (κ3) is 4.80. The van der Waals surface area contributed by atoms with E-state index in [-0.39, 0.29) is 30.3 Å². The predicted molar refractivity (Wildman–Crippen MR) is 121 cm³/mol. The number of hydrogen-bond acceptors (Lipinski definition) is 4. The number of hydrazine groups is 1.